The van der Waals surface area contributed by atoms with Crippen molar-refractivity contribution in [1.82, 2.24) is 14.8 Å². The highest BCUT2D eigenvalue weighted by Crippen LogP contribution is 2.29. The average molecular weight is 359 g/mol. The second-order valence-corrected chi connectivity index (χ2v) is 6.61. The number of aromatic nitrogens is 3. The highest BCUT2D eigenvalue weighted by atomic mass is 79.9. The summed E-state index contributed by atoms with van der Waals surface area (Å²) >= 11 is 9.33. The summed E-state index contributed by atoms with van der Waals surface area (Å²) < 4.78 is 2.25. The van der Waals surface area contributed by atoms with E-state index < -0.39 is 5.97 Å². The van der Waals surface area contributed by atoms with Gasteiger partial charge in [-0.2, -0.15) is 0 Å². The first-order chi connectivity index (χ1) is 9.20. The molecular weight excluding hydrogens is 346 g/mol. The maximum atomic E-state index is 11.1. The number of carboxylic acid groups (broad SMARTS) is 1. The number of nitrogens with zero attached hydrogens (tertiary/aromatic N) is 3. The summed E-state index contributed by atoms with van der Waals surface area (Å²) in [5, 5.41) is 13.7. The van der Waals surface area contributed by atoms with E-state index >= 15 is 0 Å². The Balaban J connectivity index is 2.69. The lowest BCUT2D eigenvalue weighted by Gasteiger charge is -2.18. The highest BCUT2D eigenvalue weighted by Gasteiger charge is 2.26. The Morgan fingerprint density at radius 2 is 2.05 bits per heavy atom. The van der Waals surface area contributed by atoms with Gasteiger partial charge in [-0.1, -0.05) is 32.4 Å². The molecule has 0 saturated carbocycles. The van der Waals surface area contributed by atoms with Gasteiger partial charge in [0.05, 0.1) is 5.69 Å². The third kappa shape index (κ3) is 2.86. The molecule has 1 aromatic heterocycles. The summed E-state index contributed by atoms with van der Waals surface area (Å²) in [5.41, 5.74) is 0.346. The maximum absolute atomic E-state index is 11.1. The Labute approximate surface area is 129 Å². The molecule has 1 N–H and O–H groups in total. The van der Waals surface area contributed by atoms with Crippen molar-refractivity contribution in [1.29, 1.82) is 0 Å². The smallest absolute Gasteiger partial charge is 0.375 e. The summed E-state index contributed by atoms with van der Waals surface area (Å²) in [7, 11) is 0. The highest BCUT2D eigenvalue weighted by molar-refractivity contribution is 9.10. The van der Waals surface area contributed by atoms with Crippen molar-refractivity contribution in [2.24, 2.45) is 0 Å². The van der Waals surface area contributed by atoms with Gasteiger partial charge in [-0.25, -0.2) is 14.5 Å². The lowest BCUT2D eigenvalue weighted by Crippen LogP contribution is -2.19. The van der Waals surface area contributed by atoms with E-state index in [0.717, 1.165) is 4.47 Å². The van der Waals surface area contributed by atoms with Gasteiger partial charge in [-0.15, -0.1) is 5.10 Å². The van der Waals surface area contributed by atoms with Crippen LogP contribution in [0.3, 0.4) is 0 Å². The van der Waals surface area contributed by atoms with Gasteiger partial charge in [0, 0.05) is 14.9 Å². The number of hydrogen-bond donors (Lipinski definition) is 1. The van der Waals surface area contributed by atoms with Crippen molar-refractivity contribution in [3.05, 3.63) is 39.3 Å². The Morgan fingerprint density at radius 1 is 1.40 bits per heavy atom. The molecule has 1 aromatic carbocycles. The summed E-state index contributed by atoms with van der Waals surface area (Å²) in [5.74, 6) is -0.811. The van der Waals surface area contributed by atoms with Gasteiger partial charge in [-0.3, -0.25) is 0 Å². The Bertz CT molecular complexity index is 677. The van der Waals surface area contributed by atoms with Crippen LogP contribution in [0.2, 0.25) is 5.02 Å². The van der Waals surface area contributed by atoms with Crippen LogP contribution in [-0.2, 0) is 5.41 Å². The van der Waals surface area contributed by atoms with Crippen molar-refractivity contribution >= 4 is 33.5 Å². The molecule has 0 aliphatic carbocycles. The summed E-state index contributed by atoms with van der Waals surface area (Å²) in [6.45, 7) is 5.84. The van der Waals surface area contributed by atoms with Crippen LogP contribution in [0.15, 0.2) is 22.7 Å². The van der Waals surface area contributed by atoms with Crippen molar-refractivity contribution in [2.45, 2.75) is 26.2 Å². The molecule has 0 spiro atoms. The molecule has 0 unspecified atom stereocenters. The molecular formula is C13H13BrClN3O2. The molecule has 1 heterocycles. The van der Waals surface area contributed by atoms with E-state index in [1.165, 1.54) is 4.68 Å². The number of hydrogen-bond acceptors (Lipinski definition) is 3. The van der Waals surface area contributed by atoms with Gasteiger partial charge in [-0.05, 0) is 34.1 Å². The quantitative estimate of drug-likeness (QED) is 0.889. The van der Waals surface area contributed by atoms with Crippen LogP contribution < -0.4 is 0 Å². The number of rotatable bonds is 2. The van der Waals surface area contributed by atoms with Gasteiger partial charge in [0.1, 0.15) is 5.82 Å². The average Bonchev–Trinajstić information content (AvgIpc) is 2.73. The molecule has 0 atom stereocenters. The van der Waals surface area contributed by atoms with Crippen LogP contribution in [0.1, 0.15) is 37.2 Å². The number of aromatic carboxylic acids is 1. The molecule has 7 heteroatoms. The molecule has 0 radical (unpaired) electrons. The van der Waals surface area contributed by atoms with Crippen molar-refractivity contribution in [3.63, 3.8) is 0 Å². The molecule has 20 heavy (non-hydrogen) atoms. The predicted molar refractivity (Wildman–Crippen MR) is 79.7 cm³/mol. The van der Waals surface area contributed by atoms with Crippen LogP contribution >= 0.6 is 27.5 Å². The number of benzene rings is 1. The minimum absolute atomic E-state index is 0.225. The molecule has 106 valence electrons. The molecule has 0 bridgehead atoms. The fourth-order valence-corrected chi connectivity index (χ4v) is 2.56. The summed E-state index contributed by atoms with van der Waals surface area (Å²) in [4.78, 5) is 15.2. The zero-order chi connectivity index (χ0) is 15.1. The van der Waals surface area contributed by atoms with Crippen LogP contribution in [0, 0.1) is 0 Å². The second kappa shape index (κ2) is 5.18. The molecule has 0 aliphatic rings. The third-order valence-electron chi connectivity index (χ3n) is 2.61. The summed E-state index contributed by atoms with van der Waals surface area (Å²) in [6, 6.07) is 5.21. The van der Waals surface area contributed by atoms with Gasteiger partial charge < -0.3 is 5.11 Å². The standard InChI is InChI=1S/C13H13BrClN3O2/c1-13(2,3)12-16-10(11(19)20)17-18(12)9-5-4-7(15)6-8(9)14/h4-6H,1-3H3,(H,19,20). The Morgan fingerprint density at radius 3 is 2.55 bits per heavy atom. The first-order valence-corrected chi connectivity index (χ1v) is 7.03. The zero-order valence-corrected chi connectivity index (χ0v) is 13.5. The van der Waals surface area contributed by atoms with E-state index in [0.29, 0.717) is 16.5 Å². The van der Waals surface area contributed by atoms with Gasteiger partial charge in [0.15, 0.2) is 0 Å². The number of carboxylic acids is 1. The van der Waals surface area contributed by atoms with Crippen molar-refractivity contribution in [2.75, 3.05) is 0 Å². The zero-order valence-electron chi connectivity index (χ0n) is 11.2. The van der Waals surface area contributed by atoms with E-state index in [-0.39, 0.29) is 11.2 Å². The summed E-state index contributed by atoms with van der Waals surface area (Å²) in [6.07, 6.45) is 0. The van der Waals surface area contributed by atoms with Crippen LogP contribution in [0.4, 0.5) is 0 Å². The van der Waals surface area contributed by atoms with Crippen molar-refractivity contribution < 1.29 is 9.90 Å². The minimum atomic E-state index is -1.15. The van der Waals surface area contributed by atoms with E-state index in [9.17, 15) is 4.79 Å². The van der Waals surface area contributed by atoms with E-state index in [1.807, 2.05) is 20.8 Å². The number of halogens is 2. The third-order valence-corrected chi connectivity index (χ3v) is 3.48. The lowest BCUT2D eigenvalue weighted by atomic mass is 9.95. The fraction of sp³-hybridized carbons (Fsp3) is 0.308. The van der Waals surface area contributed by atoms with E-state index in [1.54, 1.807) is 18.2 Å². The Hall–Kier alpha value is -1.40. The first-order valence-electron chi connectivity index (χ1n) is 5.86. The maximum Gasteiger partial charge on any atom is 0.375 e. The lowest BCUT2D eigenvalue weighted by molar-refractivity contribution is 0.0683. The van der Waals surface area contributed by atoms with Crippen LogP contribution in [0.5, 0.6) is 0 Å². The largest absolute Gasteiger partial charge is 0.475 e. The van der Waals surface area contributed by atoms with Crippen molar-refractivity contribution in [3.8, 4) is 5.69 Å². The molecule has 2 rings (SSSR count). The predicted octanol–water partition coefficient (Wildman–Crippen LogP) is 3.68. The SMILES string of the molecule is CC(C)(C)c1nc(C(=O)O)nn1-c1ccc(Cl)cc1Br. The molecule has 2 aromatic rings. The first kappa shape index (κ1) is 15.0. The topological polar surface area (TPSA) is 68.0 Å². The normalized spacial score (nSPS) is 11.7. The molecule has 0 aliphatic heterocycles. The Kier molecular flexibility index (Phi) is 3.88. The van der Waals surface area contributed by atoms with Crippen LogP contribution in [0.25, 0.3) is 5.69 Å². The molecule has 0 fully saturated rings. The second-order valence-electron chi connectivity index (χ2n) is 5.32. The van der Waals surface area contributed by atoms with Gasteiger partial charge in [0.25, 0.3) is 5.82 Å². The number of carbonyl (C=O) groups is 1. The van der Waals surface area contributed by atoms with E-state index in [4.69, 9.17) is 16.7 Å². The van der Waals surface area contributed by atoms with Crippen LogP contribution in [-0.4, -0.2) is 25.8 Å². The monoisotopic (exact) mass is 357 g/mol. The van der Waals surface area contributed by atoms with Gasteiger partial charge in [0.2, 0.25) is 0 Å². The van der Waals surface area contributed by atoms with E-state index in [2.05, 4.69) is 26.0 Å². The molecule has 5 nitrogen and oxygen atoms in total. The van der Waals surface area contributed by atoms with Gasteiger partial charge >= 0.3 is 5.97 Å². The molecule has 0 saturated heterocycles. The minimum Gasteiger partial charge on any atom is -0.475 e. The fourth-order valence-electron chi connectivity index (χ4n) is 1.71. The molecule has 0 amide bonds.